The molecule has 0 saturated carbocycles. The maximum absolute atomic E-state index is 12.8. The van der Waals surface area contributed by atoms with Crippen molar-refractivity contribution in [2.45, 2.75) is 32.8 Å². The first-order valence-corrected chi connectivity index (χ1v) is 10.7. The highest BCUT2D eigenvalue weighted by Gasteiger charge is 2.17. The minimum Gasteiger partial charge on any atom is -0.497 e. The van der Waals surface area contributed by atoms with Crippen LogP contribution < -0.4 is 4.74 Å². The van der Waals surface area contributed by atoms with Crippen LogP contribution in [0.2, 0.25) is 0 Å². The Morgan fingerprint density at radius 1 is 0.938 bits per heavy atom. The lowest BCUT2D eigenvalue weighted by atomic mass is 9.87. The molecule has 0 aliphatic carbocycles. The number of pyridine rings is 1. The van der Waals surface area contributed by atoms with E-state index in [-0.39, 0.29) is 18.0 Å². The van der Waals surface area contributed by atoms with Gasteiger partial charge in [-0.05, 0) is 40.6 Å². The maximum Gasteiger partial charge on any atom is 0.338 e. The van der Waals surface area contributed by atoms with Crippen molar-refractivity contribution < 1.29 is 14.3 Å². The number of carbonyl (C=O) groups is 1. The number of hydrogen-bond donors (Lipinski definition) is 0. The van der Waals surface area contributed by atoms with Gasteiger partial charge in [-0.15, -0.1) is 0 Å². The molecule has 4 heteroatoms. The Hall–Kier alpha value is -3.66. The van der Waals surface area contributed by atoms with E-state index in [9.17, 15) is 4.79 Å². The van der Waals surface area contributed by atoms with E-state index in [4.69, 9.17) is 14.5 Å². The first kappa shape index (κ1) is 21.6. The van der Waals surface area contributed by atoms with Gasteiger partial charge in [0.25, 0.3) is 0 Å². The van der Waals surface area contributed by atoms with Crippen molar-refractivity contribution >= 4 is 16.7 Å². The average molecular weight is 426 g/mol. The van der Waals surface area contributed by atoms with Crippen molar-refractivity contribution in [1.82, 2.24) is 4.98 Å². The van der Waals surface area contributed by atoms with Gasteiger partial charge in [-0.3, -0.25) is 4.98 Å². The van der Waals surface area contributed by atoms with Crippen LogP contribution in [0.5, 0.6) is 5.75 Å². The fraction of sp³-hybridized carbons (Fsp3) is 0.214. The van der Waals surface area contributed by atoms with Crippen LogP contribution in [0.25, 0.3) is 22.0 Å². The fourth-order valence-electron chi connectivity index (χ4n) is 3.72. The molecule has 0 N–H and O–H groups in total. The minimum atomic E-state index is -0.352. The molecule has 3 aromatic carbocycles. The van der Waals surface area contributed by atoms with Crippen LogP contribution in [0.1, 0.15) is 42.3 Å². The predicted octanol–water partition coefficient (Wildman–Crippen LogP) is 6.56. The van der Waals surface area contributed by atoms with Crippen molar-refractivity contribution in [2.24, 2.45) is 0 Å². The van der Waals surface area contributed by atoms with Crippen molar-refractivity contribution in [3.05, 3.63) is 95.7 Å². The highest BCUT2D eigenvalue weighted by molar-refractivity contribution is 5.92. The van der Waals surface area contributed by atoms with Gasteiger partial charge in [-0.1, -0.05) is 69.3 Å². The molecular formula is C28H27NO3. The first-order chi connectivity index (χ1) is 15.4. The van der Waals surface area contributed by atoms with E-state index < -0.39 is 0 Å². The molecule has 0 spiro atoms. The zero-order chi connectivity index (χ0) is 22.7. The van der Waals surface area contributed by atoms with Crippen LogP contribution in [0.15, 0.2) is 79.0 Å². The molecule has 0 atom stereocenters. The SMILES string of the molecule is COc1cccc(-c2ncc3ccccc3c2COC(=O)c2ccc(C(C)(C)C)cc2)c1. The Kier molecular flexibility index (Phi) is 5.95. The molecule has 1 aromatic heterocycles. The average Bonchev–Trinajstić information content (AvgIpc) is 2.81. The summed E-state index contributed by atoms with van der Waals surface area (Å²) in [7, 11) is 1.64. The van der Waals surface area contributed by atoms with Crippen molar-refractivity contribution in [1.29, 1.82) is 0 Å². The Morgan fingerprint density at radius 2 is 1.69 bits per heavy atom. The van der Waals surface area contributed by atoms with Crippen LogP contribution in [0.4, 0.5) is 0 Å². The molecule has 0 radical (unpaired) electrons. The molecule has 4 aromatic rings. The largest absolute Gasteiger partial charge is 0.497 e. The van der Waals surface area contributed by atoms with E-state index in [2.05, 4.69) is 20.8 Å². The highest BCUT2D eigenvalue weighted by Crippen LogP contribution is 2.31. The zero-order valence-corrected chi connectivity index (χ0v) is 18.9. The number of ether oxygens (including phenoxy) is 2. The fourth-order valence-corrected chi connectivity index (χ4v) is 3.72. The summed E-state index contributed by atoms with van der Waals surface area (Å²) in [6.07, 6.45) is 1.85. The van der Waals surface area contributed by atoms with Gasteiger partial charge in [0.15, 0.2) is 0 Å². The van der Waals surface area contributed by atoms with Gasteiger partial charge < -0.3 is 9.47 Å². The molecule has 0 amide bonds. The van der Waals surface area contributed by atoms with Crippen LogP contribution in [-0.4, -0.2) is 18.1 Å². The third kappa shape index (κ3) is 4.50. The third-order valence-electron chi connectivity index (χ3n) is 5.58. The Balaban J connectivity index is 1.66. The van der Waals surface area contributed by atoms with Gasteiger partial charge in [0.05, 0.1) is 18.4 Å². The van der Waals surface area contributed by atoms with Gasteiger partial charge in [0.2, 0.25) is 0 Å². The Bertz CT molecular complexity index is 1250. The quantitative estimate of drug-likeness (QED) is 0.340. The number of fused-ring (bicyclic) bond motifs is 1. The highest BCUT2D eigenvalue weighted by atomic mass is 16.5. The first-order valence-electron chi connectivity index (χ1n) is 10.7. The lowest BCUT2D eigenvalue weighted by molar-refractivity contribution is 0.0474. The standard InChI is InChI=1S/C28H27NO3/c1-28(2,3)22-14-12-19(13-15-22)27(30)32-18-25-24-11-6-5-8-21(24)17-29-26(25)20-9-7-10-23(16-20)31-4/h5-17H,18H2,1-4H3. The van der Waals surface area contributed by atoms with Crippen molar-refractivity contribution in [2.75, 3.05) is 7.11 Å². The van der Waals surface area contributed by atoms with E-state index in [1.807, 2.05) is 79.0 Å². The summed E-state index contributed by atoms with van der Waals surface area (Å²) in [6.45, 7) is 6.57. The lowest BCUT2D eigenvalue weighted by Crippen LogP contribution is -2.12. The molecule has 32 heavy (non-hydrogen) atoms. The van der Waals surface area contributed by atoms with E-state index in [0.717, 1.165) is 33.3 Å². The number of hydrogen-bond acceptors (Lipinski definition) is 4. The van der Waals surface area contributed by atoms with Gasteiger partial charge in [-0.25, -0.2) is 4.79 Å². The van der Waals surface area contributed by atoms with Crippen LogP contribution >= 0.6 is 0 Å². The van der Waals surface area contributed by atoms with Crippen LogP contribution in [0.3, 0.4) is 0 Å². The van der Waals surface area contributed by atoms with E-state index in [1.165, 1.54) is 5.56 Å². The summed E-state index contributed by atoms with van der Waals surface area (Å²) in [4.78, 5) is 17.5. The molecule has 0 unspecified atom stereocenters. The predicted molar refractivity (Wildman–Crippen MR) is 128 cm³/mol. The number of esters is 1. The number of carbonyl (C=O) groups excluding carboxylic acids is 1. The van der Waals surface area contributed by atoms with Gasteiger partial charge in [0, 0.05) is 22.7 Å². The Morgan fingerprint density at radius 3 is 2.41 bits per heavy atom. The molecule has 1 heterocycles. The normalized spacial score (nSPS) is 11.4. The smallest absolute Gasteiger partial charge is 0.338 e. The number of nitrogens with zero attached hydrogens (tertiary/aromatic N) is 1. The molecule has 0 aliphatic heterocycles. The summed E-state index contributed by atoms with van der Waals surface area (Å²) >= 11 is 0. The van der Waals surface area contributed by atoms with Gasteiger partial charge in [-0.2, -0.15) is 0 Å². The van der Waals surface area contributed by atoms with Crippen LogP contribution in [-0.2, 0) is 16.8 Å². The second-order valence-electron chi connectivity index (χ2n) is 8.81. The zero-order valence-electron chi connectivity index (χ0n) is 18.9. The lowest BCUT2D eigenvalue weighted by Gasteiger charge is -2.19. The molecular weight excluding hydrogens is 398 g/mol. The van der Waals surface area contributed by atoms with E-state index in [0.29, 0.717) is 5.56 Å². The maximum atomic E-state index is 12.8. The summed E-state index contributed by atoms with van der Waals surface area (Å²) in [5.41, 5.74) is 4.30. The topological polar surface area (TPSA) is 48.4 Å². The monoisotopic (exact) mass is 425 g/mol. The molecule has 0 fully saturated rings. The molecule has 4 rings (SSSR count). The molecule has 0 saturated heterocycles. The van der Waals surface area contributed by atoms with Gasteiger partial charge >= 0.3 is 5.97 Å². The molecule has 4 nitrogen and oxygen atoms in total. The summed E-state index contributed by atoms with van der Waals surface area (Å²) in [5, 5.41) is 2.01. The van der Waals surface area contributed by atoms with Crippen molar-refractivity contribution in [3.8, 4) is 17.0 Å². The number of rotatable bonds is 5. The molecule has 0 aliphatic rings. The van der Waals surface area contributed by atoms with Crippen molar-refractivity contribution in [3.63, 3.8) is 0 Å². The molecule has 0 bridgehead atoms. The number of benzene rings is 3. The van der Waals surface area contributed by atoms with E-state index >= 15 is 0 Å². The second kappa shape index (κ2) is 8.83. The number of methoxy groups -OCH3 is 1. The third-order valence-corrected chi connectivity index (χ3v) is 5.58. The second-order valence-corrected chi connectivity index (χ2v) is 8.81. The summed E-state index contributed by atoms with van der Waals surface area (Å²) < 4.78 is 11.1. The van der Waals surface area contributed by atoms with Gasteiger partial charge in [0.1, 0.15) is 12.4 Å². The number of aromatic nitrogens is 1. The Labute approximate surface area is 188 Å². The minimum absolute atomic E-state index is 0.0305. The summed E-state index contributed by atoms with van der Waals surface area (Å²) in [5.74, 6) is 0.398. The summed E-state index contributed by atoms with van der Waals surface area (Å²) in [6, 6.07) is 23.4. The van der Waals surface area contributed by atoms with Crippen LogP contribution in [0, 0.1) is 0 Å². The van der Waals surface area contributed by atoms with E-state index in [1.54, 1.807) is 7.11 Å². The molecule has 162 valence electrons.